The first kappa shape index (κ1) is 54.1. The summed E-state index contributed by atoms with van der Waals surface area (Å²) in [7, 11) is 0. The van der Waals surface area contributed by atoms with Crippen LogP contribution in [0.25, 0.3) is 0 Å². The van der Waals surface area contributed by atoms with E-state index in [0.717, 1.165) is 122 Å². The van der Waals surface area contributed by atoms with Crippen molar-refractivity contribution in [2.24, 2.45) is 0 Å². The van der Waals surface area contributed by atoms with Crippen molar-refractivity contribution in [3.05, 3.63) is 109 Å². The molecule has 0 spiro atoms. The molecule has 6 heteroatoms. The van der Waals surface area contributed by atoms with Crippen molar-refractivity contribution < 1.29 is 28.6 Å². The van der Waals surface area contributed by atoms with Gasteiger partial charge in [-0.2, -0.15) is 0 Å². The Labute approximate surface area is 355 Å². The fourth-order valence-electron chi connectivity index (χ4n) is 5.60. The molecule has 326 valence electrons. The highest BCUT2D eigenvalue weighted by Crippen LogP contribution is 2.11. The van der Waals surface area contributed by atoms with Gasteiger partial charge in [-0.3, -0.25) is 14.4 Å². The van der Waals surface area contributed by atoms with E-state index in [9.17, 15) is 14.4 Å². The summed E-state index contributed by atoms with van der Waals surface area (Å²) >= 11 is 0. The molecule has 1 unspecified atom stereocenters. The lowest BCUT2D eigenvalue weighted by Gasteiger charge is -2.18. The fraction of sp³-hybridized carbons (Fsp3) is 0.596. The highest BCUT2D eigenvalue weighted by atomic mass is 16.6. The number of allylic oxidation sites excluding steroid dienone is 18. The maximum atomic E-state index is 12.7. The number of hydrogen-bond acceptors (Lipinski definition) is 6. The van der Waals surface area contributed by atoms with Crippen molar-refractivity contribution in [2.45, 2.75) is 187 Å². The summed E-state index contributed by atoms with van der Waals surface area (Å²) in [4.78, 5) is 37.7. The Hall–Kier alpha value is -3.93. The Morgan fingerprint density at radius 2 is 0.707 bits per heavy atom. The number of unbranched alkanes of at least 4 members (excludes halogenated alkanes) is 10. The molecule has 0 aromatic heterocycles. The third-order valence-corrected chi connectivity index (χ3v) is 9.01. The van der Waals surface area contributed by atoms with Gasteiger partial charge in [-0.25, -0.2) is 0 Å². The van der Waals surface area contributed by atoms with Gasteiger partial charge in [-0.1, -0.05) is 169 Å². The van der Waals surface area contributed by atoms with Crippen LogP contribution in [0.15, 0.2) is 109 Å². The first-order valence-corrected chi connectivity index (χ1v) is 22.9. The predicted molar refractivity (Wildman–Crippen MR) is 247 cm³/mol. The SMILES string of the molecule is CC/C=C\C/C=C\C/C=C\C/C=C\C/C=C\CCC(=O)OCC(COC(=O)CCCCCC/C=C\CCCC)OC(=O)CCCCCC/C=C\C/C=C\C/C=C\CC. The topological polar surface area (TPSA) is 78.9 Å². The molecular formula is C52H82O6. The normalized spacial score (nSPS) is 13.1. The molecule has 0 aromatic rings. The molecule has 0 amide bonds. The molecular weight excluding hydrogens is 721 g/mol. The van der Waals surface area contributed by atoms with Crippen molar-refractivity contribution in [3.8, 4) is 0 Å². The Bertz CT molecular complexity index is 1240. The zero-order chi connectivity index (χ0) is 42.3. The number of carbonyl (C=O) groups is 3. The van der Waals surface area contributed by atoms with Crippen molar-refractivity contribution in [2.75, 3.05) is 13.2 Å². The Morgan fingerprint density at radius 1 is 0.362 bits per heavy atom. The molecule has 0 aromatic carbocycles. The molecule has 58 heavy (non-hydrogen) atoms. The van der Waals surface area contributed by atoms with Crippen molar-refractivity contribution in [3.63, 3.8) is 0 Å². The molecule has 6 nitrogen and oxygen atoms in total. The summed E-state index contributed by atoms with van der Waals surface area (Å²) in [5.74, 6) is -1.05. The van der Waals surface area contributed by atoms with E-state index in [1.807, 2.05) is 12.2 Å². The van der Waals surface area contributed by atoms with E-state index >= 15 is 0 Å². The van der Waals surface area contributed by atoms with Crippen LogP contribution >= 0.6 is 0 Å². The summed E-state index contributed by atoms with van der Waals surface area (Å²) in [5, 5.41) is 0. The second kappa shape index (κ2) is 45.8. The molecule has 0 fully saturated rings. The molecule has 0 rings (SSSR count). The van der Waals surface area contributed by atoms with Crippen LogP contribution in [0, 0.1) is 0 Å². The molecule has 0 radical (unpaired) electrons. The molecule has 0 N–H and O–H groups in total. The first-order valence-electron chi connectivity index (χ1n) is 22.9. The van der Waals surface area contributed by atoms with E-state index in [0.29, 0.717) is 12.8 Å². The van der Waals surface area contributed by atoms with Gasteiger partial charge in [0.1, 0.15) is 13.2 Å². The van der Waals surface area contributed by atoms with Crippen LogP contribution in [-0.4, -0.2) is 37.2 Å². The summed E-state index contributed by atoms with van der Waals surface area (Å²) in [5.41, 5.74) is 0. The number of hydrogen-bond donors (Lipinski definition) is 0. The smallest absolute Gasteiger partial charge is 0.306 e. The highest BCUT2D eigenvalue weighted by molar-refractivity contribution is 5.71. The first-order chi connectivity index (χ1) is 28.5. The van der Waals surface area contributed by atoms with Crippen molar-refractivity contribution >= 4 is 17.9 Å². The minimum atomic E-state index is -0.824. The van der Waals surface area contributed by atoms with Gasteiger partial charge in [0.2, 0.25) is 0 Å². The largest absolute Gasteiger partial charge is 0.462 e. The zero-order valence-electron chi connectivity index (χ0n) is 37.0. The van der Waals surface area contributed by atoms with Gasteiger partial charge < -0.3 is 14.2 Å². The van der Waals surface area contributed by atoms with Gasteiger partial charge in [0.05, 0.1) is 0 Å². The summed E-state index contributed by atoms with van der Waals surface area (Å²) in [6.07, 6.45) is 60.8. The van der Waals surface area contributed by atoms with Gasteiger partial charge in [0.15, 0.2) is 6.10 Å². The van der Waals surface area contributed by atoms with Crippen LogP contribution in [0.5, 0.6) is 0 Å². The Balaban J connectivity index is 4.56. The average Bonchev–Trinajstić information content (AvgIpc) is 3.22. The molecule has 0 aliphatic carbocycles. The minimum absolute atomic E-state index is 0.119. The van der Waals surface area contributed by atoms with Crippen LogP contribution in [0.1, 0.15) is 181 Å². The van der Waals surface area contributed by atoms with Gasteiger partial charge in [-0.15, -0.1) is 0 Å². The molecule has 1 atom stereocenters. The lowest BCUT2D eigenvalue weighted by atomic mass is 10.1. The highest BCUT2D eigenvalue weighted by Gasteiger charge is 2.19. The summed E-state index contributed by atoms with van der Waals surface area (Å²) in [6.45, 7) is 6.23. The molecule has 0 bridgehead atoms. The maximum absolute atomic E-state index is 12.7. The van der Waals surface area contributed by atoms with Crippen LogP contribution in [0.3, 0.4) is 0 Å². The zero-order valence-corrected chi connectivity index (χ0v) is 37.0. The van der Waals surface area contributed by atoms with Crippen molar-refractivity contribution in [1.29, 1.82) is 0 Å². The van der Waals surface area contributed by atoms with E-state index in [4.69, 9.17) is 14.2 Å². The fourth-order valence-corrected chi connectivity index (χ4v) is 5.60. The second-order valence-corrected chi connectivity index (χ2v) is 14.5. The maximum Gasteiger partial charge on any atom is 0.306 e. The molecule has 0 heterocycles. The second-order valence-electron chi connectivity index (χ2n) is 14.5. The van der Waals surface area contributed by atoms with Crippen LogP contribution in [0.4, 0.5) is 0 Å². The Morgan fingerprint density at radius 3 is 1.16 bits per heavy atom. The van der Waals surface area contributed by atoms with Crippen LogP contribution in [-0.2, 0) is 28.6 Å². The van der Waals surface area contributed by atoms with Crippen LogP contribution < -0.4 is 0 Å². The number of esters is 3. The number of ether oxygens (including phenoxy) is 3. The van der Waals surface area contributed by atoms with Gasteiger partial charge >= 0.3 is 17.9 Å². The third kappa shape index (κ3) is 43.2. The number of carbonyl (C=O) groups excluding carboxylic acids is 3. The quantitative estimate of drug-likeness (QED) is 0.0267. The van der Waals surface area contributed by atoms with E-state index in [2.05, 4.69) is 118 Å². The molecule has 0 aliphatic heterocycles. The lowest BCUT2D eigenvalue weighted by molar-refractivity contribution is -0.166. The van der Waals surface area contributed by atoms with Crippen molar-refractivity contribution in [1.82, 2.24) is 0 Å². The van der Waals surface area contributed by atoms with Gasteiger partial charge in [0.25, 0.3) is 0 Å². The predicted octanol–water partition coefficient (Wildman–Crippen LogP) is 14.8. The molecule has 0 aliphatic rings. The monoisotopic (exact) mass is 803 g/mol. The summed E-state index contributed by atoms with van der Waals surface area (Å²) < 4.78 is 16.6. The van der Waals surface area contributed by atoms with Crippen LogP contribution in [0.2, 0.25) is 0 Å². The summed E-state index contributed by atoms with van der Waals surface area (Å²) in [6, 6.07) is 0. The van der Waals surface area contributed by atoms with Gasteiger partial charge in [0, 0.05) is 19.3 Å². The van der Waals surface area contributed by atoms with E-state index in [-0.39, 0.29) is 44.0 Å². The molecule has 0 saturated heterocycles. The van der Waals surface area contributed by atoms with E-state index in [1.165, 1.54) is 12.8 Å². The van der Waals surface area contributed by atoms with E-state index < -0.39 is 6.10 Å². The lowest BCUT2D eigenvalue weighted by Crippen LogP contribution is -2.30. The number of rotatable bonds is 39. The molecule has 0 saturated carbocycles. The third-order valence-electron chi connectivity index (χ3n) is 9.01. The Kier molecular flexibility index (Phi) is 42.7. The minimum Gasteiger partial charge on any atom is -0.462 e. The van der Waals surface area contributed by atoms with E-state index in [1.54, 1.807) is 0 Å². The standard InChI is InChI=1S/C52H82O6/c1-4-7-10-13-16-19-22-24-26-27-29-30-33-36-39-42-45-51(54)57-48-49(47-56-50(53)44-41-38-35-32-21-18-15-12-9-6-3)58-52(55)46-43-40-37-34-31-28-25-23-20-17-14-11-8-5-2/h7-8,10-11,15-20,24-26,28-30,36,39,49H,4-6,9,12-14,21-23,27,31-35,37-38,40-48H2,1-3H3/b10-7-,11-8-,18-15-,19-16-,20-17-,26-24-,28-25-,30-29-,39-36-. The van der Waals surface area contributed by atoms with Gasteiger partial charge in [-0.05, 0) is 103 Å². The average molecular weight is 803 g/mol.